The van der Waals surface area contributed by atoms with Crippen molar-refractivity contribution in [1.29, 1.82) is 0 Å². The Labute approximate surface area is 183 Å². The summed E-state index contributed by atoms with van der Waals surface area (Å²) in [7, 11) is 1.25. The van der Waals surface area contributed by atoms with Gasteiger partial charge in [0.2, 0.25) is 0 Å². The zero-order chi connectivity index (χ0) is 23.0. The van der Waals surface area contributed by atoms with Crippen molar-refractivity contribution in [1.82, 2.24) is 4.90 Å². The summed E-state index contributed by atoms with van der Waals surface area (Å²) in [6, 6.07) is 11.0. The molecule has 0 radical (unpaired) electrons. The summed E-state index contributed by atoms with van der Waals surface area (Å²) < 4.78 is 43.6. The number of alkyl halides is 3. The predicted octanol–water partition coefficient (Wildman–Crippen LogP) is 5.43. The number of amides is 1. The molecule has 31 heavy (non-hydrogen) atoms. The minimum Gasteiger partial charge on any atom is -0.467 e. The third kappa shape index (κ3) is 4.89. The SMILES string of the molecule is COC(=O)C1CSC(c2ccc(C(F)(F)F)cc2)N1C(=O)c1ccc(C(C)(C)C)cc1. The number of esters is 1. The van der Waals surface area contributed by atoms with Gasteiger partial charge in [-0.15, -0.1) is 11.8 Å². The lowest BCUT2D eigenvalue weighted by Gasteiger charge is -2.29. The minimum atomic E-state index is -4.44. The fraction of sp³-hybridized carbons (Fsp3) is 0.391. The molecule has 2 aromatic rings. The molecule has 1 saturated heterocycles. The van der Waals surface area contributed by atoms with Crippen molar-refractivity contribution < 1.29 is 27.5 Å². The first-order chi connectivity index (χ1) is 14.4. The molecular formula is C23H24F3NO3S. The normalized spacial score (nSPS) is 19.4. The Bertz CT molecular complexity index is 950. The van der Waals surface area contributed by atoms with Gasteiger partial charge in [0.25, 0.3) is 5.91 Å². The summed E-state index contributed by atoms with van der Waals surface area (Å²) >= 11 is 1.32. The van der Waals surface area contributed by atoms with E-state index in [1.165, 1.54) is 35.9 Å². The van der Waals surface area contributed by atoms with Crippen molar-refractivity contribution in [3.05, 3.63) is 70.8 Å². The van der Waals surface area contributed by atoms with Crippen LogP contribution in [-0.4, -0.2) is 35.7 Å². The van der Waals surface area contributed by atoms with Crippen molar-refractivity contribution in [2.75, 3.05) is 12.9 Å². The highest BCUT2D eigenvalue weighted by atomic mass is 32.2. The number of nitrogens with zero attached hydrogens (tertiary/aromatic N) is 1. The average Bonchev–Trinajstić information content (AvgIpc) is 3.16. The monoisotopic (exact) mass is 451 g/mol. The molecule has 1 aliphatic heterocycles. The van der Waals surface area contributed by atoms with Crippen LogP contribution in [0.3, 0.4) is 0 Å². The lowest BCUT2D eigenvalue weighted by Crippen LogP contribution is -2.43. The highest BCUT2D eigenvalue weighted by molar-refractivity contribution is 7.99. The van der Waals surface area contributed by atoms with Gasteiger partial charge >= 0.3 is 12.1 Å². The lowest BCUT2D eigenvalue weighted by molar-refractivity contribution is -0.145. The highest BCUT2D eigenvalue weighted by Crippen LogP contribution is 2.43. The Morgan fingerprint density at radius 1 is 0.968 bits per heavy atom. The second-order valence-corrected chi connectivity index (χ2v) is 9.50. The molecule has 2 unspecified atom stereocenters. The second kappa shape index (κ2) is 8.57. The van der Waals surface area contributed by atoms with Gasteiger partial charge in [0.05, 0.1) is 12.7 Å². The molecule has 8 heteroatoms. The van der Waals surface area contributed by atoms with E-state index in [0.29, 0.717) is 16.9 Å². The molecular weight excluding hydrogens is 427 g/mol. The van der Waals surface area contributed by atoms with Crippen molar-refractivity contribution in [3.8, 4) is 0 Å². The van der Waals surface area contributed by atoms with E-state index in [2.05, 4.69) is 20.8 Å². The van der Waals surface area contributed by atoms with Crippen LogP contribution >= 0.6 is 11.8 Å². The van der Waals surface area contributed by atoms with Crippen LogP contribution in [0.5, 0.6) is 0 Å². The summed E-state index contributed by atoms with van der Waals surface area (Å²) in [6.45, 7) is 6.19. The van der Waals surface area contributed by atoms with E-state index in [1.54, 1.807) is 12.1 Å². The molecule has 0 bridgehead atoms. The van der Waals surface area contributed by atoms with Crippen molar-refractivity contribution >= 4 is 23.6 Å². The summed E-state index contributed by atoms with van der Waals surface area (Å²) in [4.78, 5) is 27.1. The number of carbonyl (C=O) groups excluding carboxylic acids is 2. The Hall–Kier alpha value is -2.48. The van der Waals surface area contributed by atoms with Crippen molar-refractivity contribution in [2.24, 2.45) is 0 Å². The summed E-state index contributed by atoms with van der Waals surface area (Å²) in [5.41, 5.74) is 1.14. The molecule has 1 heterocycles. The molecule has 0 spiro atoms. The topological polar surface area (TPSA) is 46.6 Å². The van der Waals surface area contributed by atoms with Crippen LogP contribution in [0.4, 0.5) is 13.2 Å². The first kappa shape index (κ1) is 23.2. The maximum atomic E-state index is 13.4. The fourth-order valence-electron chi connectivity index (χ4n) is 3.43. The van der Waals surface area contributed by atoms with Crippen molar-refractivity contribution in [2.45, 2.75) is 43.8 Å². The number of methoxy groups -OCH3 is 1. The smallest absolute Gasteiger partial charge is 0.416 e. The standard InChI is InChI=1S/C23H24F3NO3S/c1-22(2,3)16-9-5-14(6-10-16)19(28)27-18(21(29)30-4)13-31-20(27)15-7-11-17(12-8-15)23(24,25)26/h5-12,18,20H,13H2,1-4H3. The number of benzene rings is 2. The van der Waals surface area contributed by atoms with Crippen molar-refractivity contribution in [3.63, 3.8) is 0 Å². The average molecular weight is 452 g/mol. The van der Waals surface area contributed by atoms with Crippen LogP contribution in [0.25, 0.3) is 0 Å². The molecule has 0 aliphatic carbocycles. The maximum absolute atomic E-state index is 13.4. The summed E-state index contributed by atoms with van der Waals surface area (Å²) in [5.74, 6) is -0.628. The first-order valence-corrected chi connectivity index (χ1v) is 10.8. The molecule has 166 valence electrons. The summed E-state index contributed by atoms with van der Waals surface area (Å²) in [5, 5.41) is -0.596. The van der Waals surface area contributed by atoms with E-state index in [4.69, 9.17) is 4.74 Å². The quantitative estimate of drug-likeness (QED) is 0.584. The number of carbonyl (C=O) groups is 2. The Balaban J connectivity index is 1.95. The molecule has 2 atom stereocenters. The molecule has 2 aromatic carbocycles. The Morgan fingerprint density at radius 3 is 2.00 bits per heavy atom. The van der Waals surface area contributed by atoms with E-state index in [1.807, 2.05) is 12.1 Å². The third-order valence-electron chi connectivity index (χ3n) is 5.23. The van der Waals surface area contributed by atoms with Crippen LogP contribution in [0.1, 0.15) is 53.2 Å². The Morgan fingerprint density at radius 2 is 1.52 bits per heavy atom. The third-order valence-corrected chi connectivity index (χ3v) is 6.55. The number of halogens is 3. The van der Waals surface area contributed by atoms with Gasteiger partial charge in [0.15, 0.2) is 0 Å². The number of hydrogen-bond acceptors (Lipinski definition) is 4. The largest absolute Gasteiger partial charge is 0.467 e. The van der Waals surface area contributed by atoms with E-state index < -0.39 is 29.1 Å². The van der Waals surface area contributed by atoms with E-state index in [0.717, 1.165) is 17.7 Å². The summed E-state index contributed by atoms with van der Waals surface area (Å²) in [6.07, 6.45) is -4.44. The van der Waals surface area contributed by atoms with Gasteiger partial charge in [-0.2, -0.15) is 13.2 Å². The van der Waals surface area contributed by atoms with Gasteiger partial charge in [-0.3, -0.25) is 4.79 Å². The second-order valence-electron chi connectivity index (χ2n) is 8.38. The van der Waals surface area contributed by atoms with Gasteiger partial charge in [0.1, 0.15) is 11.4 Å². The predicted molar refractivity (Wildman–Crippen MR) is 114 cm³/mol. The number of hydrogen-bond donors (Lipinski definition) is 0. The van der Waals surface area contributed by atoms with Crippen LogP contribution in [0.2, 0.25) is 0 Å². The molecule has 4 nitrogen and oxygen atoms in total. The van der Waals surface area contributed by atoms with Crippen LogP contribution in [0.15, 0.2) is 48.5 Å². The van der Waals surface area contributed by atoms with Crippen LogP contribution < -0.4 is 0 Å². The molecule has 0 aromatic heterocycles. The molecule has 1 aliphatic rings. The minimum absolute atomic E-state index is 0.0810. The Kier molecular flexibility index (Phi) is 6.41. The van der Waals surface area contributed by atoms with Gasteiger partial charge in [0, 0.05) is 11.3 Å². The number of rotatable bonds is 3. The van der Waals surface area contributed by atoms with Crippen LogP contribution in [-0.2, 0) is 21.1 Å². The van der Waals surface area contributed by atoms with E-state index >= 15 is 0 Å². The molecule has 0 N–H and O–H groups in total. The fourth-order valence-corrected chi connectivity index (χ4v) is 4.84. The van der Waals surface area contributed by atoms with E-state index in [-0.39, 0.29) is 11.3 Å². The highest BCUT2D eigenvalue weighted by Gasteiger charge is 2.43. The van der Waals surface area contributed by atoms with Gasteiger partial charge in [-0.05, 0) is 40.8 Å². The molecule has 3 rings (SSSR count). The zero-order valence-corrected chi connectivity index (χ0v) is 18.5. The van der Waals surface area contributed by atoms with Gasteiger partial charge in [-0.1, -0.05) is 45.0 Å². The maximum Gasteiger partial charge on any atom is 0.416 e. The van der Waals surface area contributed by atoms with Gasteiger partial charge in [-0.25, -0.2) is 4.79 Å². The van der Waals surface area contributed by atoms with Crippen LogP contribution in [0, 0.1) is 0 Å². The van der Waals surface area contributed by atoms with Gasteiger partial charge < -0.3 is 9.64 Å². The lowest BCUT2D eigenvalue weighted by atomic mass is 9.86. The number of thioether (sulfide) groups is 1. The zero-order valence-electron chi connectivity index (χ0n) is 17.7. The molecule has 1 fully saturated rings. The number of ether oxygens (including phenoxy) is 1. The molecule has 1 amide bonds. The molecule has 0 saturated carbocycles. The first-order valence-electron chi connectivity index (χ1n) is 9.73. The van der Waals surface area contributed by atoms with E-state index in [9.17, 15) is 22.8 Å².